The highest BCUT2D eigenvalue weighted by Gasteiger charge is 2.14. The lowest BCUT2D eigenvalue weighted by Crippen LogP contribution is -2.32. The Bertz CT molecular complexity index is 755. The van der Waals surface area contributed by atoms with Gasteiger partial charge >= 0.3 is 0 Å². The summed E-state index contributed by atoms with van der Waals surface area (Å²) in [5.74, 6) is 1.31. The van der Waals surface area contributed by atoms with Crippen molar-refractivity contribution in [3.8, 4) is 11.5 Å². The molecule has 0 saturated carbocycles. The monoisotopic (exact) mass is 377 g/mol. The Labute approximate surface area is 159 Å². The Morgan fingerprint density at radius 1 is 1.15 bits per heavy atom. The van der Waals surface area contributed by atoms with Crippen LogP contribution in [-0.2, 0) is 11.3 Å². The van der Waals surface area contributed by atoms with Crippen molar-refractivity contribution in [1.82, 2.24) is 4.90 Å². The number of nitrogens with one attached hydrogen (secondary N) is 1. The van der Waals surface area contributed by atoms with Crippen LogP contribution < -0.4 is 20.5 Å². The van der Waals surface area contributed by atoms with Crippen molar-refractivity contribution in [2.45, 2.75) is 13.5 Å². The summed E-state index contributed by atoms with van der Waals surface area (Å²) >= 11 is 0. The molecule has 0 bridgehead atoms. The second-order valence-electron chi connectivity index (χ2n) is 5.95. The first kappa shape index (κ1) is 19.9. The molecule has 7 heteroatoms. The number of nitrogens with zero attached hydrogens (tertiary/aromatic N) is 1. The standard InChI is InChI=1S/C19H23N3O3.ClH/c1-2-22(12-14-4-3-5-15(20)10-14)13-19(23)21-16-6-7-17-18(11-16)25-9-8-24-17;/h3-7,10-11H,2,8-9,12-13,20H2,1H3,(H,21,23);1H. The number of benzene rings is 2. The average Bonchev–Trinajstić information content (AvgIpc) is 2.61. The maximum atomic E-state index is 12.4. The third-order valence-corrected chi connectivity index (χ3v) is 4.00. The lowest BCUT2D eigenvalue weighted by atomic mass is 10.2. The summed E-state index contributed by atoms with van der Waals surface area (Å²) < 4.78 is 11.0. The lowest BCUT2D eigenvalue weighted by molar-refractivity contribution is -0.117. The normalized spacial score (nSPS) is 12.4. The molecule has 2 aromatic rings. The molecule has 0 aliphatic carbocycles. The zero-order valence-electron chi connectivity index (χ0n) is 14.7. The molecule has 0 fully saturated rings. The molecule has 0 unspecified atom stereocenters. The van der Waals surface area contributed by atoms with Gasteiger partial charge in [-0.1, -0.05) is 19.1 Å². The SMILES string of the molecule is CCN(CC(=O)Nc1ccc2c(c1)OCCO2)Cc1cccc(N)c1.Cl. The van der Waals surface area contributed by atoms with E-state index in [0.717, 1.165) is 17.8 Å². The molecule has 2 aromatic carbocycles. The highest BCUT2D eigenvalue weighted by atomic mass is 35.5. The van der Waals surface area contributed by atoms with Crippen LogP contribution in [0.4, 0.5) is 11.4 Å². The summed E-state index contributed by atoms with van der Waals surface area (Å²) in [4.78, 5) is 14.4. The molecule has 1 aliphatic rings. The van der Waals surface area contributed by atoms with Gasteiger partial charge in [-0.3, -0.25) is 9.69 Å². The molecule has 3 N–H and O–H groups in total. The van der Waals surface area contributed by atoms with Crippen LogP contribution in [0.25, 0.3) is 0 Å². The Morgan fingerprint density at radius 3 is 2.65 bits per heavy atom. The minimum Gasteiger partial charge on any atom is -0.486 e. The number of hydrogen-bond donors (Lipinski definition) is 2. The summed E-state index contributed by atoms with van der Waals surface area (Å²) in [6.45, 7) is 4.85. The van der Waals surface area contributed by atoms with Crippen LogP contribution in [0.3, 0.4) is 0 Å². The largest absolute Gasteiger partial charge is 0.486 e. The zero-order chi connectivity index (χ0) is 17.6. The summed E-state index contributed by atoms with van der Waals surface area (Å²) in [6, 6.07) is 13.1. The summed E-state index contributed by atoms with van der Waals surface area (Å²) in [5.41, 5.74) is 8.34. The molecular weight excluding hydrogens is 354 g/mol. The number of ether oxygens (including phenoxy) is 2. The molecular formula is C19H24ClN3O3. The van der Waals surface area contributed by atoms with Gasteiger partial charge in [-0.15, -0.1) is 12.4 Å². The summed E-state index contributed by atoms with van der Waals surface area (Å²) in [5, 5.41) is 2.91. The molecule has 0 aromatic heterocycles. The molecule has 3 rings (SSSR count). The van der Waals surface area contributed by atoms with Crippen LogP contribution >= 0.6 is 12.4 Å². The van der Waals surface area contributed by atoms with Crippen molar-refractivity contribution < 1.29 is 14.3 Å². The molecule has 0 radical (unpaired) electrons. The molecule has 26 heavy (non-hydrogen) atoms. The minimum absolute atomic E-state index is 0. The number of hydrogen-bond acceptors (Lipinski definition) is 5. The molecule has 140 valence electrons. The van der Waals surface area contributed by atoms with E-state index >= 15 is 0 Å². The van der Waals surface area contributed by atoms with Gasteiger partial charge in [0.05, 0.1) is 6.54 Å². The highest BCUT2D eigenvalue weighted by Crippen LogP contribution is 2.32. The van der Waals surface area contributed by atoms with E-state index in [9.17, 15) is 4.79 Å². The van der Waals surface area contributed by atoms with Crippen molar-refractivity contribution in [2.75, 3.05) is 37.4 Å². The van der Waals surface area contributed by atoms with E-state index in [2.05, 4.69) is 10.2 Å². The summed E-state index contributed by atoms with van der Waals surface area (Å²) in [7, 11) is 0. The van der Waals surface area contributed by atoms with Crippen LogP contribution in [0.1, 0.15) is 12.5 Å². The van der Waals surface area contributed by atoms with Crippen molar-refractivity contribution in [3.63, 3.8) is 0 Å². The molecule has 0 spiro atoms. The number of amides is 1. The third-order valence-electron chi connectivity index (χ3n) is 4.00. The number of carbonyl (C=O) groups is 1. The molecule has 0 atom stereocenters. The molecule has 1 heterocycles. The predicted molar refractivity (Wildman–Crippen MR) is 105 cm³/mol. The lowest BCUT2D eigenvalue weighted by Gasteiger charge is -2.21. The first-order valence-corrected chi connectivity index (χ1v) is 8.40. The van der Waals surface area contributed by atoms with Gasteiger partial charge in [-0.05, 0) is 36.4 Å². The van der Waals surface area contributed by atoms with Crippen LogP contribution in [0, 0.1) is 0 Å². The summed E-state index contributed by atoms with van der Waals surface area (Å²) in [6.07, 6.45) is 0. The smallest absolute Gasteiger partial charge is 0.238 e. The fraction of sp³-hybridized carbons (Fsp3) is 0.316. The van der Waals surface area contributed by atoms with E-state index in [4.69, 9.17) is 15.2 Å². The van der Waals surface area contributed by atoms with E-state index < -0.39 is 0 Å². The minimum atomic E-state index is -0.0672. The Kier molecular flexibility index (Phi) is 7.12. The van der Waals surface area contributed by atoms with Gasteiger partial charge in [-0.25, -0.2) is 0 Å². The van der Waals surface area contributed by atoms with E-state index in [-0.39, 0.29) is 18.3 Å². The number of nitrogens with two attached hydrogens (primary N) is 1. The number of anilines is 2. The second kappa shape index (κ2) is 9.31. The number of nitrogen functional groups attached to an aromatic ring is 1. The van der Waals surface area contributed by atoms with Crippen molar-refractivity contribution >= 4 is 29.7 Å². The van der Waals surface area contributed by atoms with Crippen molar-refractivity contribution in [3.05, 3.63) is 48.0 Å². The quantitative estimate of drug-likeness (QED) is 0.757. The molecule has 1 aliphatic heterocycles. The second-order valence-corrected chi connectivity index (χ2v) is 5.95. The van der Waals surface area contributed by atoms with Gasteiger partial charge in [0.1, 0.15) is 13.2 Å². The Balaban J connectivity index is 0.00000243. The van der Waals surface area contributed by atoms with Crippen LogP contribution in [0.15, 0.2) is 42.5 Å². The van der Waals surface area contributed by atoms with Gasteiger partial charge < -0.3 is 20.5 Å². The topological polar surface area (TPSA) is 76.8 Å². The van der Waals surface area contributed by atoms with E-state index in [1.165, 1.54) is 0 Å². The highest BCUT2D eigenvalue weighted by molar-refractivity contribution is 5.92. The van der Waals surface area contributed by atoms with Gasteiger partial charge in [0.15, 0.2) is 11.5 Å². The van der Waals surface area contributed by atoms with Crippen LogP contribution in [-0.4, -0.2) is 37.1 Å². The number of rotatable bonds is 6. The van der Waals surface area contributed by atoms with Crippen molar-refractivity contribution in [1.29, 1.82) is 0 Å². The van der Waals surface area contributed by atoms with E-state index in [1.54, 1.807) is 6.07 Å². The first-order chi connectivity index (χ1) is 12.1. The van der Waals surface area contributed by atoms with Crippen LogP contribution in [0.5, 0.6) is 11.5 Å². The number of halogens is 1. The van der Waals surface area contributed by atoms with E-state index in [1.807, 2.05) is 43.3 Å². The fourth-order valence-electron chi connectivity index (χ4n) is 2.75. The van der Waals surface area contributed by atoms with Gasteiger partial charge in [0.2, 0.25) is 5.91 Å². The molecule has 6 nitrogen and oxygen atoms in total. The average molecular weight is 378 g/mol. The maximum absolute atomic E-state index is 12.4. The van der Waals surface area contributed by atoms with Crippen molar-refractivity contribution in [2.24, 2.45) is 0 Å². The molecule has 1 amide bonds. The van der Waals surface area contributed by atoms with Crippen LogP contribution in [0.2, 0.25) is 0 Å². The van der Waals surface area contributed by atoms with E-state index in [0.29, 0.717) is 43.5 Å². The molecule has 0 saturated heterocycles. The Hall–Kier alpha value is -2.44. The fourth-order valence-corrected chi connectivity index (χ4v) is 2.75. The predicted octanol–water partition coefficient (Wildman–Crippen LogP) is 2.92. The zero-order valence-corrected chi connectivity index (χ0v) is 15.6. The van der Waals surface area contributed by atoms with Gasteiger partial charge in [0, 0.05) is 24.0 Å². The van der Waals surface area contributed by atoms with Gasteiger partial charge in [-0.2, -0.15) is 0 Å². The maximum Gasteiger partial charge on any atom is 0.238 e. The Morgan fingerprint density at radius 2 is 1.92 bits per heavy atom. The van der Waals surface area contributed by atoms with Gasteiger partial charge in [0.25, 0.3) is 0 Å². The number of carbonyl (C=O) groups excluding carboxylic acids is 1. The first-order valence-electron chi connectivity index (χ1n) is 8.40. The number of fused-ring (bicyclic) bond motifs is 1. The number of likely N-dealkylation sites (N-methyl/N-ethyl adjacent to an activating group) is 1. The third kappa shape index (κ3) is 5.28.